The molecule has 4 rings (SSSR count). The molecule has 3 aromatic rings. The van der Waals surface area contributed by atoms with Crippen LogP contribution in [-0.4, -0.2) is 16.1 Å². The van der Waals surface area contributed by atoms with Gasteiger partial charge in [-0.05, 0) is 41.8 Å². The lowest BCUT2D eigenvalue weighted by Gasteiger charge is -2.32. The van der Waals surface area contributed by atoms with E-state index in [1.54, 1.807) is 10.6 Å². The molecule has 0 radical (unpaired) electrons. The van der Waals surface area contributed by atoms with Crippen LogP contribution in [0, 0.1) is 11.6 Å². The minimum atomic E-state index is -0.946. The molecular formula is C21H18ClF2N3O2. The predicted octanol–water partition coefficient (Wildman–Crippen LogP) is 4.16. The Bertz CT molecular complexity index is 1090. The van der Waals surface area contributed by atoms with Gasteiger partial charge in [-0.25, -0.2) is 13.6 Å². The van der Waals surface area contributed by atoms with E-state index in [0.717, 1.165) is 30.7 Å². The normalized spacial score (nSPS) is 13.3. The van der Waals surface area contributed by atoms with E-state index < -0.39 is 17.3 Å². The third kappa shape index (κ3) is 4.40. The van der Waals surface area contributed by atoms with E-state index in [1.165, 1.54) is 6.07 Å². The molecular weight excluding hydrogens is 400 g/mol. The Morgan fingerprint density at radius 3 is 2.52 bits per heavy atom. The maximum absolute atomic E-state index is 13.4. The topological polar surface area (TPSA) is 47.4 Å². The lowest BCUT2D eigenvalue weighted by Crippen LogP contribution is -2.38. The summed E-state index contributed by atoms with van der Waals surface area (Å²) in [5.41, 5.74) is 1.11. The van der Waals surface area contributed by atoms with Crippen LogP contribution in [0.15, 0.2) is 53.3 Å². The quantitative estimate of drug-likeness (QED) is 0.625. The second-order valence-corrected chi connectivity index (χ2v) is 7.26. The molecule has 0 atom stereocenters. The van der Waals surface area contributed by atoms with Gasteiger partial charge in [0.2, 0.25) is 5.88 Å². The molecule has 2 heterocycles. The molecule has 0 N–H and O–H groups in total. The summed E-state index contributed by atoms with van der Waals surface area (Å²) in [6.45, 7) is 1.96. The molecule has 0 amide bonds. The zero-order valence-corrected chi connectivity index (χ0v) is 16.2. The van der Waals surface area contributed by atoms with E-state index in [9.17, 15) is 13.6 Å². The number of ether oxygens (including phenoxy) is 1. The fraction of sp³-hybridized carbons (Fsp3) is 0.238. The number of aromatic nitrogens is 2. The highest BCUT2D eigenvalue weighted by Gasteiger charge is 2.20. The van der Waals surface area contributed by atoms with Gasteiger partial charge < -0.3 is 9.64 Å². The number of fused-ring (bicyclic) bond motifs is 1. The fourth-order valence-corrected chi connectivity index (χ4v) is 3.44. The SMILES string of the molecule is O=c1nc(OCc2ccc(F)c(F)c2)cc2n1CCCN2Cc1ccc(Cl)cc1. The summed E-state index contributed by atoms with van der Waals surface area (Å²) in [4.78, 5) is 18.5. The third-order valence-electron chi connectivity index (χ3n) is 4.76. The van der Waals surface area contributed by atoms with Crippen molar-refractivity contribution in [2.45, 2.75) is 26.1 Å². The van der Waals surface area contributed by atoms with Crippen LogP contribution in [0.1, 0.15) is 17.5 Å². The first-order chi connectivity index (χ1) is 14.0. The fourth-order valence-electron chi connectivity index (χ4n) is 3.31. The molecule has 0 fully saturated rings. The van der Waals surface area contributed by atoms with Crippen LogP contribution < -0.4 is 15.3 Å². The van der Waals surface area contributed by atoms with Gasteiger partial charge in [-0.2, -0.15) is 4.98 Å². The maximum atomic E-state index is 13.4. The number of nitrogens with zero attached hydrogens (tertiary/aromatic N) is 3. The molecule has 0 saturated carbocycles. The Labute approximate surface area is 171 Å². The van der Waals surface area contributed by atoms with Crippen molar-refractivity contribution in [1.29, 1.82) is 0 Å². The van der Waals surface area contributed by atoms with Gasteiger partial charge in [0.05, 0.1) is 0 Å². The van der Waals surface area contributed by atoms with Crippen molar-refractivity contribution < 1.29 is 13.5 Å². The minimum absolute atomic E-state index is 0.0235. The van der Waals surface area contributed by atoms with Crippen LogP contribution in [0.3, 0.4) is 0 Å². The lowest BCUT2D eigenvalue weighted by molar-refractivity contribution is 0.289. The van der Waals surface area contributed by atoms with Crippen LogP contribution >= 0.6 is 11.6 Å². The molecule has 1 aromatic heterocycles. The number of hydrogen-bond donors (Lipinski definition) is 0. The molecule has 8 heteroatoms. The number of benzene rings is 2. The largest absolute Gasteiger partial charge is 0.473 e. The summed E-state index contributed by atoms with van der Waals surface area (Å²) in [7, 11) is 0. The van der Waals surface area contributed by atoms with Crippen molar-refractivity contribution in [2.24, 2.45) is 0 Å². The van der Waals surface area contributed by atoms with Crippen LogP contribution in [0.4, 0.5) is 14.6 Å². The lowest BCUT2D eigenvalue weighted by atomic mass is 10.2. The van der Waals surface area contributed by atoms with Gasteiger partial charge in [-0.1, -0.05) is 29.8 Å². The molecule has 29 heavy (non-hydrogen) atoms. The van der Waals surface area contributed by atoms with Gasteiger partial charge in [0.15, 0.2) is 11.6 Å². The molecule has 0 bridgehead atoms. The first kappa shape index (κ1) is 19.4. The number of anilines is 1. The second-order valence-electron chi connectivity index (χ2n) is 6.83. The average molecular weight is 418 g/mol. The molecule has 5 nitrogen and oxygen atoms in total. The zero-order chi connectivity index (χ0) is 20.4. The molecule has 2 aromatic carbocycles. The number of rotatable bonds is 5. The summed E-state index contributed by atoms with van der Waals surface area (Å²) in [5, 5.41) is 0.668. The Balaban J connectivity index is 1.56. The highest BCUT2D eigenvalue weighted by Crippen LogP contribution is 2.25. The van der Waals surface area contributed by atoms with Crippen LogP contribution in [0.25, 0.3) is 0 Å². The molecule has 0 aliphatic carbocycles. The highest BCUT2D eigenvalue weighted by molar-refractivity contribution is 6.30. The van der Waals surface area contributed by atoms with Crippen LogP contribution in [-0.2, 0) is 19.7 Å². The minimum Gasteiger partial charge on any atom is -0.473 e. The molecule has 1 aliphatic rings. The van der Waals surface area contributed by atoms with Crippen LogP contribution in [0.5, 0.6) is 5.88 Å². The summed E-state index contributed by atoms with van der Waals surface area (Å²) >= 11 is 5.95. The standard InChI is InChI=1S/C21H18ClF2N3O2/c22-16-5-2-14(3-6-16)12-26-8-1-9-27-20(26)11-19(25-21(27)28)29-13-15-4-7-17(23)18(24)10-15/h2-7,10-11H,1,8-9,12-13H2. The first-order valence-corrected chi connectivity index (χ1v) is 9.55. The van der Waals surface area contributed by atoms with Crippen LogP contribution in [0.2, 0.25) is 5.02 Å². The second kappa shape index (κ2) is 8.21. The highest BCUT2D eigenvalue weighted by atomic mass is 35.5. The summed E-state index contributed by atoms with van der Waals surface area (Å²) in [5.74, 6) is -1.00. The zero-order valence-electron chi connectivity index (χ0n) is 15.4. The van der Waals surface area contributed by atoms with Gasteiger partial charge in [0, 0.05) is 30.7 Å². The van der Waals surface area contributed by atoms with E-state index >= 15 is 0 Å². The molecule has 1 aliphatic heterocycles. The van der Waals surface area contributed by atoms with Gasteiger partial charge >= 0.3 is 5.69 Å². The summed E-state index contributed by atoms with van der Waals surface area (Å²) in [6.07, 6.45) is 0.831. The van der Waals surface area contributed by atoms with Gasteiger partial charge in [-0.3, -0.25) is 4.57 Å². The maximum Gasteiger partial charge on any atom is 0.352 e. The van der Waals surface area contributed by atoms with Crippen molar-refractivity contribution >= 4 is 17.4 Å². The van der Waals surface area contributed by atoms with Crippen molar-refractivity contribution in [3.8, 4) is 5.88 Å². The Morgan fingerprint density at radius 2 is 1.76 bits per heavy atom. The van der Waals surface area contributed by atoms with E-state index in [0.29, 0.717) is 29.5 Å². The first-order valence-electron chi connectivity index (χ1n) is 9.17. The smallest absolute Gasteiger partial charge is 0.352 e. The average Bonchev–Trinajstić information content (AvgIpc) is 2.71. The van der Waals surface area contributed by atoms with Crippen molar-refractivity contribution in [3.05, 3.63) is 86.8 Å². The molecule has 0 spiro atoms. The van der Waals surface area contributed by atoms with E-state index in [4.69, 9.17) is 16.3 Å². The monoisotopic (exact) mass is 417 g/mol. The predicted molar refractivity (Wildman–Crippen MR) is 106 cm³/mol. The molecule has 150 valence electrons. The summed E-state index contributed by atoms with van der Waals surface area (Å²) < 4.78 is 33.6. The number of halogens is 3. The van der Waals surface area contributed by atoms with E-state index in [-0.39, 0.29) is 12.5 Å². The van der Waals surface area contributed by atoms with E-state index in [2.05, 4.69) is 9.88 Å². The summed E-state index contributed by atoms with van der Waals surface area (Å²) in [6, 6.07) is 12.8. The Morgan fingerprint density at radius 1 is 1.00 bits per heavy atom. The van der Waals surface area contributed by atoms with Gasteiger partial charge in [0.25, 0.3) is 0 Å². The molecule has 0 saturated heterocycles. The third-order valence-corrected chi connectivity index (χ3v) is 5.01. The van der Waals surface area contributed by atoms with Gasteiger partial charge in [0.1, 0.15) is 12.4 Å². The van der Waals surface area contributed by atoms with E-state index in [1.807, 2.05) is 24.3 Å². The van der Waals surface area contributed by atoms with Crippen molar-refractivity contribution in [3.63, 3.8) is 0 Å². The molecule has 0 unspecified atom stereocenters. The Kier molecular flexibility index (Phi) is 5.49. The number of hydrogen-bond acceptors (Lipinski definition) is 4. The Hall–Kier alpha value is -2.93. The van der Waals surface area contributed by atoms with Crippen molar-refractivity contribution in [2.75, 3.05) is 11.4 Å². The van der Waals surface area contributed by atoms with Crippen molar-refractivity contribution in [1.82, 2.24) is 9.55 Å². The van der Waals surface area contributed by atoms with Gasteiger partial charge in [-0.15, -0.1) is 0 Å².